The van der Waals surface area contributed by atoms with Crippen molar-refractivity contribution in [3.8, 4) is 0 Å². The Kier molecular flexibility index (Phi) is 5.76. The molecule has 0 amide bonds. The molecular formula is C24H27FN4O2. The lowest BCUT2D eigenvalue weighted by molar-refractivity contribution is 0.429. The molecule has 2 N–H and O–H groups in total. The van der Waals surface area contributed by atoms with Crippen LogP contribution in [0.2, 0.25) is 0 Å². The summed E-state index contributed by atoms with van der Waals surface area (Å²) in [5, 5.41) is 4.70. The molecule has 6 nitrogen and oxygen atoms in total. The Labute approximate surface area is 179 Å². The van der Waals surface area contributed by atoms with Gasteiger partial charge in [-0.2, -0.15) is 5.10 Å². The minimum atomic E-state index is -0.639. The zero-order valence-corrected chi connectivity index (χ0v) is 18.0. The predicted molar refractivity (Wildman–Crippen MR) is 123 cm³/mol. The third-order valence-electron chi connectivity index (χ3n) is 5.98. The van der Waals surface area contributed by atoms with Crippen LogP contribution in [0.1, 0.15) is 46.5 Å². The number of hydrogen-bond donors (Lipinski definition) is 2. The Hall–Kier alpha value is -3.22. The number of aromatic amines is 2. The van der Waals surface area contributed by atoms with Crippen LogP contribution in [0.3, 0.4) is 0 Å². The standard InChI is InChI=1S/C24H27FN4O2/c1-14(2)5-4-6-16-7-8-17(15(3)11-16)13-26-29-23(30)22-21(28-24(29)31)19-12-18(25)9-10-20(19)27-22/h5,7,9-10,12-13,15,17,27H,4,6,8,11H2,1-3H3,(H,28,31). The molecule has 0 radical (unpaired) electrons. The van der Waals surface area contributed by atoms with Crippen molar-refractivity contribution >= 4 is 28.2 Å². The van der Waals surface area contributed by atoms with Gasteiger partial charge in [-0.1, -0.05) is 30.2 Å². The number of rotatable bonds is 5. The van der Waals surface area contributed by atoms with Crippen LogP contribution in [-0.2, 0) is 0 Å². The van der Waals surface area contributed by atoms with Crippen molar-refractivity contribution in [1.29, 1.82) is 0 Å². The monoisotopic (exact) mass is 422 g/mol. The van der Waals surface area contributed by atoms with Crippen LogP contribution < -0.4 is 11.2 Å². The second kappa shape index (κ2) is 8.49. The quantitative estimate of drug-likeness (QED) is 0.454. The maximum atomic E-state index is 13.6. The Morgan fingerprint density at radius 3 is 2.81 bits per heavy atom. The first-order valence-electron chi connectivity index (χ1n) is 10.7. The number of halogens is 1. The van der Waals surface area contributed by atoms with E-state index in [-0.39, 0.29) is 11.4 Å². The van der Waals surface area contributed by atoms with Gasteiger partial charge in [-0.15, -0.1) is 4.68 Å². The van der Waals surface area contributed by atoms with Crippen molar-refractivity contribution < 1.29 is 4.39 Å². The molecule has 2 heterocycles. The molecule has 0 fully saturated rings. The van der Waals surface area contributed by atoms with Crippen LogP contribution in [0.4, 0.5) is 4.39 Å². The number of hydrogen-bond acceptors (Lipinski definition) is 3. The van der Waals surface area contributed by atoms with Gasteiger partial charge in [-0.3, -0.25) is 4.79 Å². The average Bonchev–Trinajstić information content (AvgIpc) is 3.07. The highest BCUT2D eigenvalue weighted by molar-refractivity contribution is 6.04. The summed E-state index contributed by atoms with van der Waals surface area (Å²) >= 11 is 0. The zero-order chi connectivity index (χ0) is 22.1. The van der Waals surface area contributed by atoms with Crippen LogP contribution in [-0.4, -0.2) is 20.9 Å². The molecule has 4 rings (SSSR count). The summed E-state index contributed by atoms with van der Waals surface area (Å²) in [6, 6.07) is 4.14. The predicted octanol–water partition coefficient (Wildman–Crippen LogP) is 4.86. The molecule has 31 heavy (non-hydrogen) atoms. The number of fused-ring (bicyclic) bond motifs is 3. The van der Waals surface area contributed by atoms with Crippen LogP contribution in [0, 0.1) is 17.7 Å². The molecule has 2 atom stereocenters. The van der Waals surface area contributed by atoms with Crippen LogP contribution in [0.15, 0.2) is 56.2 Å². The highest BCUT2D eigenvalue weighted by Crippen LogP contribution is 2.30. The highest BCUT2D eigenvalue weighted by atomic mass is 19.1. The molecule has 7 heteroatoms. The van der Waals surface area contributed by atoms with Crippen molar-refractivity contribution in [3.63, 3.8) is 0 Å². The summed E-state index contributed by atoms with van der Waals surface area (Å²) in [4.78, 5) is 31.0. The molecule has 0 saturated heterocycles. The van der Waals surface area contributed by atoms with Crippen molar-refractivity contribution in [2.45, 2.75) is 46.5 Å². The fourth-order valence-corrected chi connectivity index (χ4v) is 4.21. The van der Waals surface area contributed by atoms with Gasteiger partial charge in [0.15, 0.2) is 0 Å². The number of allylic oxidation sites excluding steroid dienone is 4. The molecule has 162 valence electrons. The lowest BCUT2D eigenvalue weighted by Gasteiger charge is -2.25. The largest absolute Gasteiger partial charge is 0.350 e. The van der Waals surface area contributed by atoms with E-state index in [0.29, 0.717) is 22.3 Å². The first-order valence-corrected chi connectivity index (χ1v) is 10.7. The van der Waals surface area contributed by atoms with Crippen molar-refractivity contribution in [1.82, 2.24) is 14.6 Å². The second-order valence-corrected chi connectivity index (χ2v) is 8.64. The lowest BCUT2D eigenvalue weighted by atomic mass is 9.80. The highest BCUT2D eigenvalue weighted by Gasteiger charge is 2.21. The molecule has 1 aliphatic rings. The van der Waals surface area contributed by atoms with Gasteiger partial charge in [0.05, 0.1) is 5.52 Å². The van der Waals surface area contributed by atoms with E-state index in [1.165, 1.54) is 23.3 Å². The Balaban J connectivity index is 1.59. The first-order chi connectivity index (χ1) is 14.8. The van der Waals surface area contributed by atoms with E-state index < -0.39 is 17.1 Å². The van der Waals surface area contributed by atoms with E-state index in [1.807, 2.05) is 0 Å². The molecule has 0 saturated carbocycles. The molecule has 3 aromatic rings. The number of benzene rings is 1. The fraction of sp³-hybridized carbons (Fsp3) is 0.375. The van der Waals surface area contributed by atoms with E-state index in [9.17, 15) is 14.0 Å². The van der Waals surface area contributed by atoms with Gasteiger partial charge in [0.1, 0.15) is 11.3 Å². The van der Waals surface area contributed by atoms with E-state index >= 15 is 0 Å². The summed E-state index contributed by atoms with van der Waals surface area (Å²) in [6.07, 6.45) is 10.2. The molecule has 0 aliphatic heterocycles. The SMILES string of the molecule is CC(C)=CCCC1=CCC(C=Nn2c(=O)[nH]c3c([nH]c4ccc(F)cc43)c2=O)C(C)C1. The Morgan fingerprint density at radius 2 is 2.06 bits per heavy atom. The number of H-pyrrole nitrogens is 2. The van der Waals surface area contributed by atoms with Crippen molar-refractivity contribution in [3.05, 3.63) is 68.2 Å². The van der Waals surface area contributed by atoms with E-state index in [4.69, 9.17) is 0 Å². The average molecular weight is 423 g/mol. The molecule has 2 unspecified atom stereocenters. The summed E-state index contributed by atoms with van der Waals surface area (Å²) in [6.45, 7) is 6.39. The van der Waals surface area contributed by atoms with Gasteiger partial charge in [-0.05, 0) is 63.6 Å². The number of nitrogens with zero attached hydrogens (tertiary/aromatic N) is 2. The van der Waals surface area contributed by atoms with E-state index in [2.05, 4.69) is 48.0 Å². The Morgan fingerprint density at radius 1 is 1.26 bits per heavy atom. The van der Waals surface area contributed by atoms with E-state index in [0.717, 1.165) is 30.4 Å². The first kappa shape index (κ1) is 21.0. The molecule has 2 aromatic heterocycles. The van der Waals surface area contributed by atoms with E-state index in [1.54, 1.807) is 12.3 Å². The van der Waals surface area contributed by atoms with Gasteiger partial charge in [-0.25, -0.2) is 9.18 Å². The normalized spacial score (nSPS) is 19.3. The van der Waals surface area contributed by atoms with Crippen LogP contribution in [0.25, 0.3) is 21.9 Å². The van der Waals surface area contributed by atoms with Gasteiger partial charge in [0.25, 0.3) is 0 Å². The van der Waals surface area contributed by atoms with Gasteiger partial charge in [0, 0.05) is 23.0 Å². The maximum absolute atomic E-state index is 13.6. The molecule has 1 aliphatic carbocycles. The van der Waals surface area contributed by atoms with Crippen LogP contribution >= 0.6 is 0 Å². The number of nitrogens with one attached hydrogen (secondary N) is 2. The zero-order valence-electron chi connectivity index (χ0n) is 18.0. The van der Waals surface area contributed by atoms with Crippen LogP contribution in [0.5, 0.6) is 0 Å². The fourth-order valence-electron chi connectivity index (χ4n) is 4.21. The maximum Gasteiger partial charge on any atom is 0.350 e. The second-order valence-electron chi connectivity index (χ2n) is 8.64. The van der Waals surface area contributed by atoms with Gasteiger partial charge >= 0.3 is 11.2 Å². The third kappa shape index (κ3) is 4.31. The van der Waals surface area contributed by atoms with Crippen molar-refractivity contribution in [2.75, 3.05) is 0 Å². The van der Waals surface area contributed by atoms with Crippen molar-refractivity contribution in [2.24, 2.45) is 16.9 Å². The third-order valence-corrected chi connectivity index (χ3v) is 5.98. The Bertz CT molecular complexity index is 1340. The smallest absolute Gasteiger partial charge is 0.349 e. The summed E-state index contributed by atoms with van der Waals surface area (Å²) in [5.41, 5.74) is 2.69. The molecular weight excluding hydrogens is 395 g/mol. The topological polar surface area (TPSA) is 83.0 Å². The molecule has 0 bridgehead atoms. The summed E-state index contributed by atoms with van der Waals surface area (Å²) in [5.74, 6) is 0.104. The minimum Gasteiger partial charge on any atom is -0.349 e. The minimum absolute atomic E-state index is 0.158. The molecule has 1 aromatic carbocycles. The number of aromatic nitrogens is 3. The lowest BCUT2D eigenvalue weighted by Crippen LogP contribution is -2.32. The summed E-state index contributed by atoms with van der Waals surface area (Å²) in [7, 11) is 0. The summed E-state index contributed by atoms with van der Waals surface area (Å²) < 4.78 is 14.4. The van der Waals surface area contributed by atoms with Gasteiger partial charge in [0.2, 0.25) is 0 Å². The van der Waals surface area contributed by atoms with Gasteiger partial charge < -0.3 is 9.97 Å². The molecule has 0 spiro atoms.